The predicted molar refractivity (Wildman–Crippen MR) is 106 cm³/mol. The van der Waals surface area contributed by atoms with Crippen LogP contribution in [0.25, 0.3) is 6.08 Å². The molecule has 0 aliphatic heterocycles. The molecule has 0 aliphatic rings. The molecular weight excluding hydrogens is 360 g/mol. The molecule has 6 heteroatoms. The predicted octanol–water partition coefficient (Wildman–Crippen LogP) is 3.80. The summed E-state index contributed by atoms with van der Waals surface area (Å²) in [4.78, 5) is 25.2. The Kier molecular flexibility index (Phi) is 6.38. The Balaban J connectivity index is 1.57. The van der Waals surface area contributed by atoms with Crippen LogP contribution in [0.2, 0.25) is 0 Å². The first-order chi connectivity index (χ1) is 13.2. The lowest BCUT2D eigenvalue weighted by Crippen LogP contribution is -2.40. The number of para-hydroxylation sites is 1. The number of hydrogen-bond donors (Lipinski definition) is 2. The van der Waals surface area contributed by atoms with Gasteiger partial charge in [-0.25, -0.2) is 0 Å². The zero-order valence-electron chi connectivity index (χ0n) is 14.4. The quantitative estimate of drug-likeness (QED) is 0.506. The summed E-state index contributed by atoms with van der Waals surface area (Å²) >= 11 is 1.52. The lowest BCUT2D eigenvalue weighted by atomic mass is 10.2. The van der Waals surface area contributed by atoms with Crippen molar-refractivity contribution < 1.29 is 14.3 Å². The van der Waals surface area contributed by atoms with E-state index >= 15 is 0 Å². The topological polar surface area (TPSA) is 67.4 Å². The zero-order chi connectivity index (χ0) is 18.9. The van der Waals surface area contributed by atoms with Gasteiger partial charge in [0.1, 0.15) is 12.4 Å². The van der Waals surface area contributed by atoms with Gasteiger partial charge in [-0.3, -0.25) is 20.4 Å². The summed E-state index contributed by atoms with van der Waals surface area (Å²) in [6, 6.07) is 20.4. The Morgan fingerprint density at radius 1 is 0.926 bits per heavy atom. The molecule has 0 unspecified atom stereocenters. The van der Waals surface area contributed by atoms with Gasteiger partial charge in [0, 0.05) is 11.0 Å². The van der Waals surface area contributed by atoms with E-state index in [1.165, 1.54) is 17.4 Å². The van der Waals surface area contributed by atoms with Gasteiger partial charge >= 0.3 is 0 Å². The maximum absolute atomic E-state index is 12.4. The molecule has 0 saturated heterocycles. The number of hydrazine groups is 1. The number of amides is 2. The molecule has 0 radical (unpaired) electrons. The Morgan fingerprint density at radius 3 is 2.48 bits per heavy atom. The minimum Gasteiger partial charge on any atom is -0.488 e. The second kappa shape index (κ2) is 9.35. The molecule has 2 amide bonds. The van der Waals surface area contributed by atoms with Crippen LogP contribution in [-0.4, -0.2) is 11.8 Å². The first-order valence-electron chi connectivity index (χ1n) is 8.30. The number of rotatable bonds is 6. The van der Waals surface area contributed by atoms with Crippen LogP contribution in [-0.2, 0) is 11.4 Å². The van der Waals surface area contributed by atoms with Crippen molar-refractivity contribution in [3.8, 4) is 5.75 Å². The standard InChI is InChI=1S/C21H18N2O3S/c24-20(13-12-17-9-6-14-27-17)22-23-21(25)18-10-4-5-11-19(18)26-15-16-7-2-1-3-8-16/h1-14H,15H2,(H,22,24)(H,23,25). The van der Waals surface area contributed by atoms with Gasteiger partial charge in [0.25, 0.3) is 11.8 Å². The Bertz CT molecular complexity index is 922. The average molecular weight is 378 g/mol. The van der Waals surface area contributed by atoms with E-state index in [0.717, 1.165) is 10.4 Å². The zero-order valence-corrected chi connectivity index (χ0v) is 15.2. The lowest BCUT2D eigenvalue weighted by Gasteiger charge is -2.12. The molecule has 27 heavy (non-hydrogen) atoms. The van der Waals surface area contributed by atoms with Gasteiger partial charge in [-0.1, -0.05) is 48.5 Å². The molecule has 1 aromatic heterocycles. The van der Waals surface area contributed by atoms with Gasteiger partial charge in [0.2, 0.25) is 0 Å². The van der Waals surface area contributed by atoms with Crippen LogP contribution in [0.15, 0.2) is 78.2 Å². The number of hydrogen-bond acceptors (Lipinski definition) is 4. The van der Waals surface area contributed by atoms with Crippen LogP contribution in [0, 0.1) is 0 Å². The van der Waals surface area contributed by atoms with Gasteiger partial charge in [-0.2, -0.15) is 0 Å². The third-order valence-electron chi connectivity index (χ3n) is 3.61. The fourth-order valence-corrected chi connectivity index (χ4v) is 2.90. The number of thiophene rings is 1. The van der Waals surface area contributed by atoms with Crippen LogP contribution in [0.3, 0.4) is 0 Å². The molecule has 0 aliphatic carbocycles. The largest absolute Gasteiger partial charge is 0.488 e. The SMILES string of the molecule is O=C(C=Cc1cccs1)NNC(=O)c1ccccc1OCc1ccccc1. The molecular formula is C21H18N2O3S. The summed E-state index contributed by atoms with van der Waals surface area (Å²) in [6.07, 6.45) is 3.05. The van der Waals surface area contributed by atoms with E-state index in [1.54, 1.807) is 30.3 Å². The van der Waals surface area contributed by atoms with Crippen LogP contribution in [0.5, 0.6) is 5.75 Å². The molecule has 1 heterocycles. The Morgan fingerprint density at radius 2 is 1.70 bits per heavy atom. The van der Waals surface area contributed by atoms with Crippen molar-refractivity contribution in [1.29, 1.82) is 0 Å². The van der Waals surface area contributed by atoms with E-state index in [4.69, 9.17) is 4.74 Å². The Labute approximate surface area is 161 Å². The molecule has 0 atom stereocenters. The summed E-state index contributed by atoms with van der Waals surface area (Å²) in [5.41, 5.74) is 6.11. The number of ether oxygens (including phenoxy) is 1. The molecule has 0 spiro atoms. The highest BCUT2D eigenvalue weighted by molar-refractivity contribution is 7.10. The fraction of sp³-hybridized carbons (Fsp3) is 0.0476. The normalized spacial score (nSPS) is 10.5. The molecule has 136 valence electrons. The van der Waals surface area contributed by atoms with Crippen molar-refractivity contribution in [1.82, 2.24) is 10.9 Å². The highest BCUT2D eigenvalue weighted by atomic mass is 32.1. The highest BCUT2D eigenvalue weighted by Crippen LogP contribution is 2.19. The van der Waals surface area contributed by atoms with Gasteiger partial charge in [0.05, 0.1) is 5.56 Å². The van der Waals surface area contributed by atoms with Crippen LogP contribution in [0.1, 0.15) is 20.8 Å². The molecule has 2 N–H and O–H groups in total. The van der Waals surface area contributed by atoms with Crippen molar-refractivity contribution in [3.63, 3.8) is 0 Å². The number of benzene rings is 2. The van der Waals surface area contributed by atoms with E-state index < -0.39 is 11.8 Å². The van der Waals surface area contributed by atoms with Gasteiger partial charge in [-0.15, -0.1) is 11.3 Å². The van der Waals surface area contributed by atoms with Crippen molar-refractivity contribution in [2.45, 2.75) is 6.61 Å². The highest BCUT2D eigenvalue weighted by Gasteiger charge is 2.12. The van der Waals surface area contributed by atoms with Crippen molar-refractivity contribution in [2.75, 3.05) is 0 Å². The molecule has 5 nitrogen and oxygen atoms in total. The number of nitrogens with one attached hydrogen (secondary N) is 2. The molecule has 3 rings (SSSR count). The summed E-state index contributed by atoms with van der Waals surface area (Å²) in [5.74, 6) is -0.418. The summed E-state index contributed by atoms with van der Waals surface area (Å²) in [6.45, 7) is 0.348. The van der Waals surface area contributed by atoms with E-state index in [2.05, 4.69) is 10.9 Å². The number of carbonyl (C=O) groups excluding carboxylic acids is 2. The molecule has 0 saturated carbocycles. The smallest absolute Gasteiger partial charge is 0.273 e. The molecule has 3 aromatic rings. The van der Waals surface area contributed by atoms with E-state index in [-0.39, 0.29) is 0 Å². The van der Waals surface area contributed by atoms with E-state index in [0.29, 0.717) is 17.9 Å². The molecule has 0 bridgehead atoms. The maximum Gasteiger partial charge on any atom is 0.273 e. The number of carbonyl (C=O) groups is 2. The molecule has 2 aromatic carbocycles. The van der Waals surface area contributed by atoms with Crippen LogP contribution < -0.4 is 15.6 Å². The van der Waals surface area contributed by atoms with Gasteiger partial charge in [-0.05, 0) is 35.2 Å². The summed E-state index contributed by atoms with van der Waals surface area (Å²) in [5, 5.41) is 1.92. The minimum atomic E-state index is -0.448. The molecule has 0 fully saturated rings. The minimum absolute atomic E-state index is 0.343. The van der Waals surface area contributed by atoms with Crippen molar-refractivity contribution >= 4 is 29.2 Å². The van der Waals surface area contributed by atoms with E-state index in [9.17, 15) is 9.59 Å². The fourth-order valence-electron chi connectivity index (χ4n) is 2.29. The third-order valence-corrected chi connectivity index (χ3v) is 4.45. The maximum atomic E-state index is 12.4. The van der Waals surface area contributed by atoms with Crippen molar-refractivity contribution in [3.05, 3.63) is 94.2 Å². The van der Waals surface area contributed by atoms with Gasteiger partial charge < -0.3 is 4.74 Å². The van der Waals surface area contributed by atoms with Crippen LogP contribution >= 0.6 is 11.3 Å². The second-order valence-electron chi connectivity index (χ2n) is 5.56. The first-order valence-corrected chi connectivity index (χ1v) is 9.18. The average Bonchev–Trinajstić information content (AvgIpc) is 3.23. The van der Waals surface area contributed by atoms with Crippen LogP contribution in [0.4, 0.5) is 0 Å². The first kappa shape index (κ1) is 18.4. The second-order valence-corrected chi connectivity index (χ2v) is 6.54. The van der Waals surface area contributed by atoms with Crippen molar-refractivity contribution in [2.24, 2.45) is 0 Å². The summed E-state index contributed by atoms with van der Waals surface area (Å²) < 4.78 is 5.76. The van der Waals surface area contributed by atoms with E-state index in [1.807, 2.05) is 47.8 Å². The monoisotopic (exact) mass is 378 g/mol. The van der Waals surface area contributed by atoms with Gasteiger partial charge in [0.15, 0.2) is 0 Å². The summed E-state index contributed by atoms with van der Waals surface area (Å²) in [7, 11) is 0. The Hall–Kier alpha value is -3.38. The lowest BCUT2D eigenvalue weighted by molar-refractivity contribution is -0.117. The third kappa shape index (κ3) is 5.55.